The van der Waals surface area contributed by atoms with Crippen molar-refractivity contribution in [1.82, 2.24) is 15.0 Å². The summed E-state index contributed by atoms with van der Waals surface area (Å²) in [5.41, 5.74) is 0.902. The van der Waals surface area contributed by atoms with Crippen LogP contribution in [0.15, 0.2) is 29.5 Å². The second kappa shape index (κ2) is 5.93. The molecule has 0 atom stereocenters. The van der Waals surface area contributed by atoms with E-state index in [-0.39, 0.29) is 16.8 Å². The number of H-pyrrole nitrogens is 1. The quantitative estimate of drug-likeness (QED) is 0.906. The van der Waals surface area contributed by atoms with E-state index in [0.29, 0.717) is 0 Å². The summed E-state index contributed by atoms with van der Waals surface area (Å²) in [6, 6.07) is 2.01. The smallest absolute Gasteiger partial charge is 0.342 e. The van der Waals surface area contributed by atoms with Crippen LogP contribution in [0.4, 0.5) is 0 Å². The van der Waals surface area contributed by atoms with Crippen LogP contribution in [0.5, 0.6) is 0 Å². The van der Waals surface area contributed by atoms with Crippen molar-refractivity contribution in [3.63, 3.8) is 0 Å². The predicted molar refractivity (Wildman–Crippen MR) is 83.7 cm³/mol. The van der Waals surface area contributed by atoms with E-state index in [1.807, 2.05) is 12.3 Å². The van der Waals surface area contributed by atoms with Crippen LogP contribution in [-0.4, -0.2) is 26.0 Å². The highest BCUT2D eigenvalue weighted by Crippen LogP contribution is 2.22. The lowest BCUT2D eigenvalue weighted by atomic mass is 9.87. The largest absolute Gasteiger partial charge is 0.477 e. The maximum Gasteiger partial charge on any atom is 0.342 e. The lowest BCUT2D eigenvalue weighted by molar-refractivity contribution is 0.0694. The second-order valence-electron chi connectivity index (χ2n) is 5.91. The number of hydrogen-bond donors (Lipinski definition) is 2. The Bertz CT molecular complexity index is 786. The standard InChI is InChI=1S/C16H17N3O3/c1-16(2,3)11-6-10(7-17-8-11)4-5-13-18-9-12(15(21)22)14(20)19-13/h4-9H,1-3H3,(H,21,22)(H,18,19,20)/b5-4+. The lowest BCUT2D eigenvalue weighted by Gasteiger charge is -2.18. The van der Waals surface area contributed by atoms with E-state index in [1.54, 1.807) is 18.3 Å². The summed E-state index contributed by atoms with van der Waals surface area (Å²) < 4.78 is 0. The molecule has 0 aliphatic carbocycles. The highest BCUT2D eigenvalue weighted by atomic mass is 16.4. The molecule has 0 aliphatic heterocycles. The molecule has 0 amide bonds. The van der Waals surface area contributed by atoms with E-state index in [2.05, 4.69) is 35.7 Å². The number of hydrogen-bond acceptors (Lipinski definition) is 4. The SMILES string of the molecule is CC(C)(C)c1cncc(/C=C/c2ncc(C(=O)O)c(=O)[nH]2)c1. The number of carboxylic acid groups (broad SMARTS) is 1. The first-order chi connectivity index (χ1) is 10.3. The molecule has 2 rings (SSSR count). The van der Waals surface area contributed by atoms with Crippen molar-refractivity contribution in [2.75, 3.05) is 0 Å². The first-order valence-corrected chi connectivity index (χ1v) is 6.73. The molecule has 0 bridgehead atoms. The third-order valence-electron chi connectivity index (χ3n) is 3.11. The fraction of sp³-hybridized carbons (Fsp3) is 0.250. The zero-order valence-electron chi connectivity index (χ0n) is 12.6. The van der Waals surface area contributed by atoms with Gasteiger partial charge in [0.05, 0.1) is 0 Å². The molecule has 0 radical (unpaired) electrons. The second-order valence-corrected chi connectivity index (χ2v) is 5.91. The van der Waals surface area contributed by atoms with Crippen LogP contribution in [0.1, 0.15) is 48.1 Å². The first kappa shape index (κ1) is 15.6. The van der Waals surface area contributed by atoms with Crippen molar-refractivity contribution < 1.29 is 9.90 Å². The van der Waals surface area contributed by atoms with Crippen molar-refractivity contribution in [2.45, 2.75) is 26.2 Å². The molecule has 0 fully saturated rings. The number of aromatic amines is 1. The Kier molecular flexibility index (Phi) is 4.21. The van der Waals surface area contributed by atoms with E-state index in [1.165, 1.54) is 0 Å². The van der Waals surface area contributed by atoms with Crippen LogP contribution in [-0.2, 0) is 5.41 Å². The third kappa shape index (κ3) is 3.66. The van der Waals surface area contributed by atoms with Crippen LogP contribution in [0, 0.1) is 0 Å². The Balaban J connectivity index is 2.28. The van der Waals surface area contributed by atoms with Gasteiger partial charge in [0.1, 0.15) is 11.4 Å². The summed E-state index contributed by atoms with van der Waals surface area (Å²) in [7, 11) is 0. The van der Waals surface area contributed by atoms with Crippen LogP contribution >= 0.6 is 0 Å². The summed E-state index contributed by atoms with van der Waals surface area (Å²) in [5, 5.41) is 8.78. The average Bonchev–Trinajstić information content (AvgIpc) is 2.44. The van der Waals surface area contributed by atoms with Gasteiger partial charge in [-0.1, -0.05) is 20.8 Å². The first-order valence-electron chi connectivity index (χ1n) is 6.73. The molecule has 22 heavy (non-hydrogen) atoms. The molecule has 0 saturated carbocycles. The Hall–Kier alpha value is -2.76. The predicted octanol–water partition coefficient (Wildman–Crippen LogP) is 2.33. The fourth-order valence-corrected chi connectivity index (χ4v) is 1.78. The summed E-state index contributed by atoms with van der Waals surface area (Å²) in [6.45, 7) is 6.30. The molecule has 2 N–H and O–H groups in total. The molecule has 0 aromatic carbocycles. The Morgan fingerprint density at radius 2 is 1.95 bits per heavy atom. The molecule has 6 heteroatoms. The number of rotatable bonds is 3. The van der Waals surface area contributed by atoms with Gasteiger partial charge in [-0.15, -0.1) is 0 Å². The van der Waals surface area contributed by atoms with Gasteiger partial charge in [-0.05, 0) is 34.8 Å². The van der Waals surface area contributed by atoms with Crippen molar-refractivity contribution in [3.8, 4) is 0 Å². The minimum Gasteiger partial charge on any atom is -0.477 e. The van der Waals surface area contributed by atoms with Gasteiger partial charge in [-0.2, -0.15) is 0 Å². The number of aromatic carboxylic acids is 1. The van der Waals surface area contributed by atoms with E-state index in [0.717, 1.165) is 17.3 Å². The summed E-state index contributed by atoms with van der Waals surface area (Å²) >= 11 is 0. The number of aromatic nitrogens is 3. The highest BCUT2D eigenvalue weighted by molar-refractivity contribution is 5.86. The van der Waals surface area contributed by atoms with Crippen LogP contribution in [0.3, 0.4) is 0 Å². The minimum atomic E-state index is -1.30. The number of nitrogens with one attached hydrogen (secondary N) is 1. The molecule has 114 valence electrons. The number of carbonyl (C=O) groups is 1. The molecule has 2 aromatic heterocycles. The monoisotopic (exact) mass is 299 g/mol. The van der Waals surface area contributed by atoms with Gasteiger partial charge in [-0.3, -0.25) is 9.78 Å². The number of carboxylic acids is 1. The van der Waals surface area contributed by atoms with Gasteiger partial charge in [-0.25, -0.2) is 9.78 Å². The Morgan fingerprint density at radius 1 is 1.23 bits per heavy atom. The molecule has 2 aromatic rings. The van der Waals surface area contributed by atoms with Gasteiger partial charge in [0, 0.05) is 18.6 Å². The maximum atomic E-state index is 11.6. The van der Waals surface area contributed by atoms with E-state index in [4.69, 9.17) is 5.11 Å². The summed E-state index contributed by atoms with van der Waals surface area (Å²) in [5.74, 6) is -1.01. The molecule has 0 aliphatic rings. The molecule has 0 unspecified atom stereocenters. The topological polar surface area (TPSA) is 95.9 Å². The zero-order chi connectivity index (χ0) is 16.3. The van der Waals surface area contributed by atoms with Crippen molar-refractivity contribution >= 4 is 18.1 Å². The number of pyridine rings is 1. The van der Waals surface area contributed by atoms with Gasteiger partial charge in [0.15, 0.2) is 0 Å². The number of nitrogens with zero attached hydrogens (tertiary/aromatic N) is 2. The molecule has 2 heterocycles. The van der Waals surface area contributed by atoms with Crippen molar-refractivity contribution in [3.05, 3.63) is 57.5 Å². The summed E-state index contributed by atoms with van der Waals surface area (Å²) in [4.78, 5) is 32.8. The van der Waals surface area contributed by atoms with E-state index >= 15 is 0 Å². The minimum absolute atomic E-state index is 0.00739. The van der Waals surface area contributed by atoms with Gasteiger partial charge in [0.25, 0.3) is 5.56 Å². The van der Waals surface area contributed by atoms with E-state index in [9.17, 15) is 9.59 Å². The molecular formula is C16H17N3O3. The van der Waals surface area contributed by atoms with Crippen molar-refractivity contribution in [1.29, 1.82) is 0 Å². The Labute approximate surface area is 127 Å². The third-order valence-corrected chi connectivity index (χ3v) is 3.11. The molecule has 6 nitrogen and oxygen atoms in total. The highest BCUT2D eigenvalue weighted by Gasteiger charge is 2.13. The normalized spacial score (nSPS) is 11.8. The molecular weight excluding hydrogens is 282 g/mol. The fourth-order valence-electron chi connectivity index (χ4n) is 1.78. The van der Waals surface area contributed by atoms with Crippen molar-refractivity contribution in [2.24, 2.45) is 0 Å². The lowest BCUT2D eigenvalue weighted by Crippen LogP contribution is -2.18. The average molecular weight is 299 g/mol. The van der Waals surface area contributed by atoms with Gasteiger partial charge >= 0.3 is 5.97 Å². The molecule has 0 saturated heterocycles. The van der Waals surface area contributed by atoms with E-state index < -0.39 is 11.5 Å². The van der Waals surface area contributed by atoms with Gasteiger partial charge in [0.2, 0.25) is 0 Å². The van der Waals surface area contributed by atoms with Crippen LogP contribution in [0.2, 0.25) is 0 Å². The zero-order valence-corrected chi connectivity index (χ0v) is 12.6. The van der Waals surface area contributed by atoms with Gasteiger partial charge < -0.3 is 10.1 Å². The maximum absolute atomic E-state index is 11.6. The Morgan fingerprint density at radius 3 is 2.55 bits per heavy atom. The van der Waals surface area contributed by atoms with Crippen LogP contribution in [0.25, 0.3) is 12.2 Å². The van der Waals surface area contributed by atoms with Crippen LogP contribution < -0.4 is 5.56 Å². The summed E-state index contributed by atoms with van der Waals surface area (Å²) in [6.07, 6.45) is 7.94. The molecule has 0 spiro atoms.